The molecular weight excluding hydrogens is 754 g/mol. The van der Waals surface area contributed by atoms with Crippen LogP contribution in [-0.2, 0) is 30.6 Å². The van der Waals surface area contributed by atoms with Crippen molar-refractivity contribution in [3.8, 4) is 22.1 Å². The number of rotatable bonds is 13. The summed E-state index contributed by atoms with van der Waals surface area (Å²) in [5.41, 5.74) is -2.65. The monoisotopic (exact) mass is 781 g/mol. The van der Waals surface area contributed by atoms with E-state index >= 15 is 8.78 Å². The smallest absolute Gasteiger partial charge is 0.404 e. The zero-order valence-corrected chi connectivity index (χ0v) is 30.7. The van der Waals surface area contributed by atoms with Crippen LogP contribution in [0.25, 0.3) is 10.6 Å². The number of benzene rings is 4. The highest BCUT2D eigenvalue weighted by Crippen LogP contribution is 2.67. The normalized spacial score (nSPS) is 12.3. The fourth-order valence-electron chi connectivity index (χ4n) is 4.67. The van der Waals surface area contributed by atoms with Gasteiger partial charge in [0.2, 0.25) is 4.80 Å². The van der Waals surface area contributed by atoms with Gasteiger partial charge in [0.05, 0.1) is 58.8 Å². The van der Waals surface area contributed by atoms with Crippen LogP contribution < -0.4 is 9.54 Å². The minimum atomic E-state index is -4.87. The minimum absolute atomic E-state index is 0.0767. The Kier molecular flexibility index (Phi) is 12.2. The second-order valence-corrected chi connectivity index (χ2v) is 14.6. The van der Waals surface area contributed by atoms with Crippen LogP contribution in [0.4, 0.5) is 14.5 Å². The number of nitrogens with zero attached hydrogens (tertiary/aromatic N) is 3. The van der Waals surface area contributed by atoms with E-state index in [4.69, 9.17) is 63.4 Å². The first-order chi connectivity index (χ1) is 23.9. The Morgan fingerprint density at radius 1 is 0.900 bits per heavy atom. The molecule has 0 aliphatic rings. The number of halogens is 5. The molecule has 0 atom stereocenters. The van der Waals surface area contributed by atoms with Gasteiger partial charge >= 0.3 is 19.2 Å². The van der Waals surface area contributed by atoms with Crippen LogP contribution >= 0.6 is 53.7 Å². The number of esters is 1. The van der Waals surface area contributed by atoms with Gasteiger partial charge in [-0.25, -0.2) is 14.5 Å². The van der Waals surface area contributed by atoms with Gasteiger partial charge in [0.25, 0.3) is 0 Å². The van der Waals surface area contributed by atoms with E-state index in [2.05, 4.69) is 0 Å². The van der Waals surface area contributed by atoms with E-state index in [1.54, 1.807) is 65.3 Å². The molecule has 0 fully saturated rings. The lowest BCUT2D eigenvalue weighted by Gasteiger charge is -2.26. The summed E-state index contributed by atoms with van der Waals surface area (Å²) in [7, 11) is -3.57. The summed E-state index contributed by atoms with van der Waals surface area (Å²) in [5.74, 6) is 0.420. The van der Waals surface area contributed by atoms with E-state index in [9.17, 15) is 9.36 Å². The van der Waals surface area contributed by atoms with Crippen molar-refractivity contribution in [2.45, 2.75) is 26.1 Å². The molecule has 262 valence electrons. The lowest BCUT2D eigenvalue weighted by atomic mass is 10.1. The molecule has 0 saturated heterocycles. The predicted molar refractivity (Wildman–Crippen MR) is 190 cm³/mol. The Balaban J connectivity index is 1.51. The number of hydrogen-bond acceptors (Lipinski definition) is 9. The highest BCUT2D eigenvalue weighted by Gasteiger charge is 2.55. The summed E-state index contributed by atoms with van der Waals surface area (Å²) < 4.78 is 66.3. The predicted octanol–water partition coefficient (Wildman–Crippen LogP) is 10.7. The third-order valence-electron chi connectivity index (χ3n) is 6.95. The Labute approximate surface area is 305 Å². The van der Waals surface area contributed by atoms with Crippen LogP contribution in [0.5, 0.6) is 11.5 Å². The first kappa shape index (κ1) is 37.6. The number of alkyl halides is 2. The van der Waals surface area contributed by atoms with Crippen LogP contribution in [0.3, 0.4) is 0 Å². The number of carbonyl (C=O) groups is 1. The third-order valence-corrected chi connectivity index (χ3v) is 11.1. The maximum Gasteiger partial charge on any atom is 0.404 e. The molecule has 16 heteroatoms. The van der Waals surface area contributed by atoms with Crippen molar-refractivity contribution in [3.63, 3.8) is 0 Å². The van der Waals surface area contributed by atoms with Gasteiger partial charge in [0.1, 0.15) is 16.5 Å². The van der Waals surface area contributed by atoms with Crippen LogP contribution in [0, 0.1) is 0 Å². The number of ether oxygens (including phenoxy) is 2. The van der Waals surface area contributed by atoms with Gasteiger partial charge in [0.15, 0.2) is 0 Å². The second kappa shape index (κ2) is 16.2. The van der Waals surface area contributed by atoms with Gasteiger partial charge in [-0.3, -0.25) is 4.57 Å². The molecule has 5 aromatic rings. The molecule has 0 bridgehead atoms. The summed E-state index contributed by atoms with van der Waals surface area (Å²) in [5, 5.41) is 5.69. The molecule has 0 spiro atoms. The zero-order valence-electron chi connectivity index (χ0n) is 26.7. The largest absolute Gasteiger partial charge is 0.465 e. The highest BCUT2D eigenvalue weighted by molar-refractivity contribution is 7.54. The van der Waals surface area contributed by atoms with Gasteiger partial charge in [-0.15, -0.1) is 0 Å². The molecule has 0 unspecified atom stereocenters. The van der Waals surface area contributed by atoms with E-state index in [0.29, 0.717) is 53.7 Å². The third kappa shape index (κ3) is 8.46. The van der Waals surface area contributed by atoms with E-state index in [0.717, 1.165) is 6.07 Å². The minimum Gasteiger partial charge on any atom is -0.465 e. The molecule has 0 saturated carbocycles. The summed E-state index contributed by atoms with van der Waals surface area (Å²) in [6.07, 6.45) is 0. The molecule has 0 aliphatic heterocycles. The Hall–Kier alpha value is -3.61. The number of aromatic nitrogens is 2. The molecule has 0 amide bonds. The number of methoxy groups -OCH3 is 1. The van der Waals surface area contributed by atoms with Crippen molar-refractivity contribution >= 4 is 65.4 Å². The first-order valence-corrected chi connectivity index (χ1v) is 18.5. The fourth-order valence-corrected chi connectivity index (χ4v) is 7.84. The highest BCUT2D eigenvalue weighted by atomic mass is 35.5. The molecule has 0 radical (unpaired) electrons. The second-order valence-electron chi connectivity index (χ2n) is 10.4. The maximum absolute atomic E-state index is 15.5. The summed E-state index contributed by atoms with van der Waals surface area (Å²) in [4.78, 5) is 17.2. The van der Waals surface area contributed by atoms with E-state index in [1.807, 2.05) is 6.07 Å². The molecule has 1 heterocycles. The molecule has 4 aromatic carbocycles. The van der Waals surface area contributed by atoms with Crippen molar-refractivity contribution < 1.29 is 36.7 Å². The first-order valence-electron chi connectivity index (χ1n) is 15.0. The zero-order chi connectivity index (χ0) is 36.1. The van der Waals surface area contributed by atoms with Crippen LogP contribution in [0.15, 0.2) is 89.9 Å². The molecule has 0 aliphatic carbocycles. The number of hydrogen-bond donors (Lipinski definition) is 0. The van der Waals surface area contributed by atoms with Crippen LogP contribution in [0.2, 0.25) is 15.1 Å². The van der Waals surface area contributed by atoms with Crippen molar-refractivity contribution in [3.05, 3.63) is 121 Å². The van der Waals surface area contributed by atoms with Crippen LogP contribution in [0.1, 0.15) is 35.3 Å². The van der Waals surface area contributed by atoms with E-state index in [-0.39, 0.29) is 24.8 Å². The average molecular weight is 783 g/mol. The van der Waals surface area contributed by atoms with Gasteiger partial charge in [0, 0.05) is 5.56 Å². The Bertz CT molecular complexity index is 2140. The van der Waals surface area contributed by atoms with E-state index in [1.165, 1.54) is 44.4 Å². The average Bonchev–Trinajstić information content (AvgIpc) is 3.48. The molecule has 1 aromatic heterocycles. The standard InChI is InChI=1S/C34H29Cl3F2N3O6PS/c1-4-46-49(44,47-5-2)34(38,39)27-14-12-21(16-29(27)36)20-42-33(40-24-13-15-28(35)30(37)19-24)50-31(41-42)22-8-6-10-25(17-22)48-26-11-7-9-23(18-26)32(43)45-3/h6-19H,4-5,20H2,1-3H3. The van der Waals surface area contributed by atoms with Crippen molar-refractivity contribution in [2.24, 2.45) is 4.99 Å². The maximum atomic E-state index is 15.5. The SMILES string of the molecule is CCOP(=O)(OCC)C(F)(F)c1ccc(Cn2nc(-c3cccc(Oc4cccc(C(=O)OC)c4)c3)sc2=Nc2ccc(Cl)c(Cl)c2)cc1Cl. The van der Waals surface area contributed by atoms with Crippen molar-refractivity contribution in [1.29, 1.82) is 0 Å². The summed E-state index contributed by atoms with van der Waals surface area (Å²) in [6.45, 7) is 2.48. The van der Waals surface area contributed by atoms with Crippen molar-refractivity contribution in [2.75, 3.05) is 20.3 Å². The lowest BCUT2D eigenvalue weighted by molar-refractivity contribution is 0.0361. The lowest BCUT2D eigenvalue weighted by Crippen LogP contribution is -2.20. The van der Waals surface area contributed by atoms with Gasteiger partial charge in [-0.2, -0.15) is 13.9 Å². The molecular formula is C34H29Cl3F2N3O6PS. The van der Waals surface area contributed by atoms with Crippen LogP contribution in [-0.4, -0.2) is 36.1 Å². The summed E-state index contributed by atoms with van der Waals surface area (Å²) >= 11 is 20.0. The Morgan fingerprint density at radius 2 is 1.60 bits per heavy atom. The fraction of sp³-hybridized carbons (Fsp3) is 0.206. The van der Waals surface area contributed by atoms with Gasteiger partial charge < -0.3 is 18.5 Å². The molecule has 9 nitrogen and oxygen atoms in total. The van der Waals surface area contributed by atoms with Crippen molar-refractivity contribution in [1.82, 2.24) is 9.78 Å². The van der Waals surface area contributed by atoms with Gasteiger partial charge in [-0.1, -0.05) is 76.5 Å². The molecule has 50 heavy (non-hydrogen) atoms. The number of carbonyl (C=O) groups excluding carboxylic acids is 1. The topological polar surface area (TPSA) is 101 Å². The quantitative estimate of drug-likeness (QED) is 0.0866. The summed E-state index contributed by atoms with van der Waals surface area (Å²) in [6, 6.07) is 22.5. The van der Waals surface area contributed by atoms with Gasteiger partial charge in [-0.05, 0) is 74.0 Å². The van der Waals surface area contributed by atoms with E-state index < -0.39 is 24.8 Å². The molecule has 0 N–H and O–H groups in total. The molecule has 5 rings (SSSR count). The Morgan fingerprint density at radius 3 is 2.26 bits per heavy atom.